The lowest BCUT2D eigenvalue weighted by Gasteiger charge is -2.22. The van der Waals surface area contributed by atoms with Gasteiger partial charge in [0.25, 0.3) is 5.91 Å². The number of aromatic nitrogens is 1. The minimum Gasteiger partial charge on any atom is -0.494 e. The summed E-state index contributed by atoms with van der Waals surface area (Å²) in [6.45, 7) is 8.34. The molecule has 1 amide bonds. The first-order valence-electron chi connectivity index (χ1n) is 13.4. The van der Waals surface area contributed by atoms with Gasteiger partial charge in [0.1, 0.15) is 16.2 Å². The van der Waals surface area contributed by atoms with Gasteiger partial charge in [-0.3, -0.25) is 14.5 Å². The number of rotatable bonds is 9. The van der Waals surface area contributed by atoms with Crippen LogP contribution < -0.4 is 15.1 Å². The van der Waals surface area contributed by atoms with Crippen molar-refractivity contribution in [2.24, 2.45) is 0 Å². The van der Waals surface area contributed by atoms with Crippen molar-refractivity contribution >= 4 is 39.3 Å². The Hall–Kier alpha value is -3.98. The van der Waals surface area contributed by atoms with Gasteiger partial charge in [-0.1, -0.05) is 49.7 Å². The van der Waals surface area contributed by atoms with E-state index < -0.39 is 17.9 Å². The molecule has 5 rings (SSSR count). The molecule has 3 heterocycles. The molecule has 1 aliphatic rings. The van der Waals surface area contributed by atoms with Crippen molar-refractivity contribution in [2.45, 2.75) is 59.4 Å². The van der Waals surface area contributed by atoms with Gasteiger partial charge in [0, 0.05) is 0 Å². The number of hydrogen-bond acceptors (Lipinski definition) is 8. The monoisotopic (exact) mass is 560 g/mol. The normalized spacial score (nSPS) is 14.6. The molecule has 0 bridgehead atoms. The first-order valence-corrected chi connectivity index (χ1v) is 14.3. The summed E-state index contributed by atoms with van der Waals surface area (Å²) in [7, 11) is 1.30. The highest BCUT2D eigenvalue weighted by atomic mass is 32.1. The number of unbranched alkanes of at least 4 members (excludes halogenated alkanes) is 3. The molecule has 208 valence electrons. The van der Waals surface area contributed by atoms with Gasteiger partial charge in [-0.05, 0) is 68.1 Å². The number of esters is 1. The topological polar surface area (TPSA) is 98.9 Å². The Labute approximate surface area is 236 Å². The van der Waals surface area contributed by atoms with Crippen LogP contribution in [0.25, 0.3) is 11.0 Å². The highest BCUT2D eigenvalue weighted by Crippen LogP contribution is 2.43. The van der Waals surface area contributed by atoms with Crippen LogP contribution in [0.4, 0.5) is 5.13 Å². The standard InChI is InChI=1S/C31H32N2O6S/c1-6-7-8-9-14-38-21-12-10-20(11-13-21)25-24-26(34)22-15-17(2)18(3)16-23(22)39-27(24)29(35)33(25)31-32-19(4)28(40-31)30(36)37-5/h10-13,15-16,25H,6-9,14H2,1-5H3. The van der Waals surface area contributed by atoms with E-state index >= 15 is 0 Å². The molecule has 4 aromatic rings. The van der Waals surface area contributed by atoms with Crippen molar-refractivity contribution in [1.29, 1.82) is 0 Å². The summed E-state index contributed by atoms with van der Waals surface area (Å²) >= 11 is 1.05. The van der Waals surface area contributed by atoms with Gasteiger partial charge in [0.2, 0.25) is 5.76 Å². The SMILES string of the molecule is CCCCCCOc1ccc(C2c3c(oc4cc(C)c(C)cc4c3=O)C(=O)N2c2nc(C)c(C(=O)OC)s2)cc1. The maximum atomic E-state index is 14.0. The zero-order valence-electron chi connectivity index (χ0n) is 23.3. The predicted molar refractivity (Wildman–Crippen MR) is 155 cm³/mol. The van der Waals surface area contributed by atoms with Gasteiger partial charge >= 0.3 is 5.97 Å². The lowest BCUT2D eigenvalue weighted by atomic mass is 9.97. The van der Waals surface area contributed by atoms with Crippen LogP contribution in [-0.4, -0.2) is 30.6 Å². The maximum Gasteiger partial charge on any atom is 0.350 e. The molecule has 9 heteroatoms. The second-order valence-electron chi connectivity index (χ2n) is 10.1. The number of thiazole rings is 1. The molecule has 0 saturated carbocycles. The summed E-state index contributed by atoms with van der Waals surface area (Å²) in [6.07, 6.45) is 4.44. The average molecular weight is 561 g/mol. The van der Waals surface area contributed by atoms with E-state index in [-0.39, 0.29) is 21.9 Å². The van der Waals surface area contributed by atoms with E-state index in [2.05, 4.69) is 11.9 Å². The minimum atomic E-state index is -0.792. The smallest absolute Gasteiger partial charge is 0.350 e. The highest BCUT2D eigenvalue weighted by Gasteiger charge is 2.45. The Morgan fingerprint density at radius 3 is 2.48 bits per heavy atom. The van der Waals surface area contributed by atoms with Crippen LogP contribution in [-0.2, 0) is 4.74 Å². The Morgan fingerprint density at radius 1 is 1.05 bits per heavy atom. The fourth-order valence-corrected chi connectivity index (χ4v) is 5.99. The number of anilines is 1. The van der Waals surface area contributed by atoms with E-state index in [1.807, 2.05) is 38.1 Å². The van der Waals surface area contributed by atoms with Gasteiger partial charge in [0.15, 0.2) is 10.6 Å². The van der Waals surface area contributed by atoms with Crippen molar-refractivity contribution < 1.29 is 23.5 Å². The summed E-state index contributed by atoms with van der Waals surface area (Å²) in [6, 6.07) is 10.2. The second-order valence-corrected chi connectivity index (χ2v) is 11.0. The third-order valence-electron chi connectivity index (χ3n) is 7.31. The summed E-state index contributed by atoms with van der Waals surface area (Å²) < 4.78 is 16.9. The highest BCUT2D eigenvalue weighted by molar-refractivity contribution is 7.17. The van der Waals surface area contributed by atoms with Gasteiger partial charge < -0.3 is 13.9 Å². The molecule has 2 aromatic heterocycles. The van der Waals surface area contributed by atoms with E-state index in [4.69, 9.17) is 13.9 Å². The summed E-state index contributed by atoms with van der Waals surface area (Å²) in [5.41, 5.74) is 3.40. The number of carbonyl (C=O) groups excluding carboxylic acids is 2. The maximum absolute atomic E-state index is 14.0. The molecule has 0 aliphatic carbocycles. The third-order valence-corrected chi connectivity index (χ3v) is 8.45. The van der Waals surface area contributed by atoms with E-state index in [0.29, 0.717) is 39.5 Å². The Morgan fingerprint density at radius 2 is 1.77 bits per heavy atom. The summed E-state index contributed by atoms with van der Waals surface area (Å²) in [4.78, 5) is 46.5. The predicted octanol–water partition coefficient (Wildman–Crippen LogP) is 6.67. The molecule has 40 heavy (non-hydrogen) atoms. The molecule has 1 aliphatic heterocycles. The molecule has 1 unspecified atom stereocenters. The molecule has 0 spiro atoms. The molecular weight excluding hydrogens is 528 g/mol. The van der Waals surface area contributed by atoms with Crippen molar-refractivity contribution in [3.05, 3.63) is 85.2 Å². The van der Waals surface area contributed by atoms with Crippen LogP contribution in [0.5, 0.6) is 5.75 Å². The first kappa shape index (κ1) is 27.6. The van der Waals surface area contributed by atoms with Crippen molar-refractivity contribution in [3.8, 4) is 5.75 Å². The molecule has 0 fully saturated rings. The Bertz CT molecular complexity index is 1650. The zero-order chi connectivity index (χ0) is 28.6. The molecule has 1 atom stereocenters. The first-order chi connectivity index (χ1) is 19.2. The van der Waals surface area contributed by atoms with E-state index in [9.17, 15) is 14.4 Å². The van der Waals surface area contributed by atoms with Crippen LogP contribution in [0, 0.1) is 20.8 Å². The number of carbonyl (C=O) groups is 2. The number of amides is 1. The number of methoxy groups -OCH3 is 1. The van der Waals surface area contributed by atoms with Crippen LogP contribution in [0.15, 0.2) is 45.6 Å². The molecular formula is C31H32N2O6S. The second kappa shape index (κ2) is 11.3. The van der Waals surface area contributed by atoms with Crippen molar-refractivity contribution in [1.82, 2.24) is 4.98 Å². The van der Waals surface area contributed by atoms with E-state index in [1.165, 1.54) is 18.4 Å². The molecule has 8 nitrogen and oxygen atoms in total. The van der Waals surface area contributed by atoms with Gasteiger partial charge in [-0.15, -0.1) is 0 Å². The van der Waals surface area contributed by atoms with Crippen LogP contribution >= 0.6 is 11.3 Å². The fraction of sp³-hybridized carbons (Fsp3) is 0.355. The molecule has 0 radical (unpaired) electrons. The number of ether oxygens (including phenoxy) is 2. The lowest BCUT2D eigenvalue weighted by Crippen LogP contribution is -2.29. The number of nitrogens with zero attached hydrogens (tertiary/aromatic N) is 2. The molecule has 2 aromatic carbocycles. The van der Waals surface area contributed by atoms with Gasteiger partial charge in [-0.25, -0.2) is 9.78 Å². The van der Waals surface area contributed by atoms with E-state index in [1.54, 1.807) is 19.1 Å². The Kier molecular flexibility index (Phi) is 7.76. The van der Waals surface area contributed by atoms with Gasteiger partial charge in [-0.2, -0.15) is 0 Å². The minimum absolute atomic E-state index is 0.0190. The number of benzene rings is 2. The van der Waals surface area contributed by atoms with Crippen molar-refractivity contribution in [3.63, 3.8) is 0 Å². The average Bonchev–Trinajstić information content (AvgIpc) is 3.47. The van der Waals surface area contributed by atoms with Crippen LogP contribution in [0.1, 0.15) is 86.8 Å². The zero-order valence-corrected chi connectivity index (χ0v) is 24.1. The Balaban J connectivity index is 1.61. The quantitative estimate of drug-likeness (QED) is 0.166. The van der Waals surface area contributed by atoms with Gasteiger partial charge in [0.05, 0.1) is 36.4 Å². The fourth-order valence-electron chi connectivity index (χ4n) is 4.97. The van der Waals surface area contributed by atoms with Crippen molar-refractivity contribution in [2.75, 3.05) is 18.6 Å². The third kappa shape index (κ3) is 4.90. The molecule has 0 N–H and O–H groups in total. The lowest BCUT2D eigenvalue weighted by molar-refractivity contribution is 0.0605. The number of aryl methyl sites for hydroxylation is 3. The number of hydrogen-bond donors (Lipinski definition) is 0. The molecule has 0 saturated heterocycles. The van der Waals surface area contributed by atoms with Crippen LogP contribution in [0.3, 0.4) is 0 Å². The number of fused-ring (bicyclic) bond motifs is 2. The van der Waals surface area contributed by atoms with E-state index in [0.717, 1.165) is 41.7 Å². The van der Waals surface area contributed by atoms with Crippen LogP contribution in [0.2, 0.25) is 0 Å². The summed E-state index contributed by atoms with van der Waals surface area (Å²) in [5.74, 6) is -0.326. The summed E-state index contributed by atoms with van der Waals surface area (Å²) in [5, 5.41) is 0.700. The largest absolute Gasteiger partial charge is 0.494 e.